The zero-order chi connectivity index (χ0) is 13.0. The molecule has 0 aliphatic carbocycles. The van der Waals surface area contributed by atoms with Crippen LogP contribution in [0.2, 0.25) is 0 Å². The lowest BCUT2D eigenvalue weighted by molar-refractivity contribution is 0.220. The van der Waals surface area contributed by atoms with Gasteiger partial charge in [-0.15, -0.1) is 0 Å². The summed E-state index contributed by atoms with van der Waals surface area (Å²) in [6, 6.07) is 7.93. The number of nitrogens with one attached hydrogen (secondary N) is 1. The number of aliphatic hydroxyl groups is 1. The predicted molar refractivity (Wildman–Crippen MR) is 73.5 cm³/mol. The lowest BCUT2D eigenvalue weighted by Gasteiger charge is -2.24. The van der Waals surface area contributed by atoms with Crippen molar-refractivity contribution in [1.82, 2.24) is 10.2 Å². The number of hydrogen-bond donors (Lipinski definition) is 2. The predicted octanol–water partition coefficient (Wildman–Crippen LogP) is 2.45. The molecule has 0 spiro atoms. The summed E-state index contributed by atoms with van der Waals surface area (Å²) in [6.45, 7) is 5.27. The highest BCUT2D eigenvalue weighted by Crippen LogP contribution is 2.24. The molecular weight excluding hydrogens is 226 g/mol. The van der Waals surface area contributed by atoms with Crippen molar-refractivity contribution in [3.63, 3.8) is 0 Å². The van der Waals surface area contributed by atoms with Gasteiger partial charge < -0.3 is 10.4 Å². The van der Waals surface area contributed by atoms with Crippen LogP contribution in [-0.2, 0) is 0 Å². The normalized spacial score (nSPS) is 11.7. The van der Waals surface area contributed by atoms with Gasteiger partial charge in [0.15, 0.2) is 0 Å². The van der Waals surface area contributed by atoms with Crippen molar-refractivity contribution >= 4 is 16.6 Å². The van der Waals surface area contributed by atoms with E-state index in [1.807, 2.05) is 24.3 Å². The zero-order valence-electron chi connectivity index (χ0n) is 10.8. The summed E-state index contributed by atoms with van der Waals surface area (Å²) in [5, 5.41) is 21.6. The van der Waals surface area contributed by atoms with E-state index in [0.29, 0.717) is 0 Å². The summed E-state index contributed by atoms with van der Waals surface area (Å²) < 4.78 is 0. The van der Waals surface area contributed by atoms with E-state index in [1.54, 1.807) is 6.20 Å². The van der Waals surface area contributed by atoms with Crippen molar-refractivity contribution < 1.29 is 5.11 Å². The van der Waals surface area contributed by atoms with E-state index in [-0.39, 0.29) is 12.0 Å². The fourth-order valence-electron chi connectivity index (χ4n) is 1.87. The molecule has 96 valence electrons. The smallest absolute Gasteiger partial charge is 0.0950 e. The average Bonchev–Trinajstić information content (AvgIpc) is 2.36. The van der Waals surface area contributed by atoms with Gasteiger partial charge >= 0.3 is 0 Å². The maximum Gasteiger partial charge on any atom is 0.0950 e. The molecule has 0 bridgehead atoms. The van der Waals surface area contributed by atoms with E-state index in [4.69, 9.17) is 5.11 Å². The standard InChI is InChI=1S/C14H19N3O/c1-14(2,7-8-18)10-15-13-9-16-17-12-6-4-3-5-11(12)13/h3-6,9,18H,7-8,10H2,1-2H3,(H,15,17). The van der Waals surface area contributed by atoms with Crippen LogP contribution in [0.5, 0.6) is 0 Å². The molecule has 4 nitrogen and oxygen atoms in total. The number of rotatable bonds is 5. The number of anilines is 1. The molecule has 0 amide bonds. The van der Waals surface area contributed by atoms with Gasteiger partial charge in [0.25, 0.3) is 0 Å². The van der Waals surface area contributed by atoms with E-state index in [9.17, 15) is 0 Å². The summed E-state index contributed by atoms with van der Waals surface area (Å²) in [6.07, 6.45) is 2.52. The van der Waals surface area contributed by atoms with Crippen LogP contribution in [0.4, 0.5) is 5.69 Å². The van der Waals surface area contributed by atoms with Crippen molar-refractivity contribution in [3.8, 4) is 0 Å². The van der Waals surface area contributed by atoms with Gasteiger partial charge in [0, 0.05) is 18.5 Å². The lowest BCUT2D eigenvalue weighted by atomic mass is 9.89. The summed E-state index contributed by atoms with van der Waals surface area (Å²) >= 11 is 0. The van der Waals surface area contributed by atoms with Crippen LogP contribution >= 0.6 is 0 Å². The molecule has 2 N–H and O–H groups in total. The van der Waals surface area contributed by atoms with E-state index < -0.39 is 0 Å². The molecule has 1 aromatic carbocycles. The monoisotopic (exact) mass is 245 g/mol. The van der Waals surface area contributed by atoms with Gasteiger partial charge in [0.2, 0.25) is 0 Å². The Hall–Kier alpha value is -1.68. The van der Waals surface area contributed by atoms with Crippen molar-refractivity contribution in [1.29, 1.82) is 0 Å². The van der Waals surface area contributed by atoms with Gasteiger partial charge in [-0.25, -0.2) is 0 Å². The van der Waals surface area contributed by atoms with Crippen LogP contribution in [0.25, 0.3) is 10.9 Å². The summed E-state index contributed by atoms with van der Waals surface area (Å²) in [5.74, 6) is 0. The summed E-state index contributed by atoms with van der Waals surface area (Å²) in [7, 11) is 0. The number of hydrogen-bond acceptors (Lipinski definition) is 4. The lowest BCUT2D eigenvalue weighted by Crippen LogP contribution is -2.24. The van der Waals surface area contributed by atoms with E-state index >= 15 is 0 Å². The molecule has 1 heterocycles. The Morgan fingerprint density at radius 2 is 2.06 bits per heavy atom. The van der Waals surface area contributed by atoms with Crippen molar-refractivity contribution in [2.24, 2.45) is 5.41 Å². The molecular formula is C14H19N3O. The molecule has 0 atom stereocenters. The molecule has 0 unspecified atom stereocenters. The number of aromatic nitrogens is 2. The van der Waals surface area contributed by atoms with Crippen molar-refractivity contribution in [2.45, 2.75) is 20.3 Å². The fourth-order valence-corrected chi connectivity index (χ4v) is 1.87. The van der Waals surface area contributed by atoms with E-state index in [2.05, 4.69) is 29.4 Å². The second kappa shape index (κ2) is 5.31. The number of aliphatic hydroxyl groups excluding tert-OH is 1. The Kier molecular flexibility index (Phi) is 3.77. The Morgan fingerprint density at radius 3 is 2.83 bits per heavy atom. The number of benzene rings is 1. The second-order valence-corrected chi connectivity index (χ2v) is 5.27. The first-order valence-electron chi connectivity index (χ1n) is 6.17. The third-order valence-electron chi connectivity index (χ3n) is 3.09. The maximum atomic E-state index is 9.02. The molecule has 4 heteroatoms. The molecule has 0 aliphatic rings. The molecule has 1 aromatic heterocycles. The Balaban J connectivity index is 2.17. The first-order valence-corrected chi connectivity index (χ1v) is 6.17. The van der Waals surface area contributed by atoms with Crippen LogP contribution in [-0.4, -0.2) is 28.5 Å². The molecule has 0 saturated heterocycles. The topological polar surface area (TPSA) is 58.0 Å². The van der Waals surface area contributed by atoms with Crippen LogP contribution in [0, 0.1) is 5.41 Å². The largest absolute Gasteiger partial charge is 0.396 e. The minimum absolute atomic E-state index is 0.0547. The number of fused-ring (bicyclic) bond motifs is 1. The van der Waals surface area contributed by atoms with Gasteiger partial charge in [-0.1, -0.05) is 32.0 Å². The van der Waals surface area contributed by atoms with Gasteiger partial charge in [-0.2, -0.15) is 10.2 Å². The first kappa shape index (κ1) is 12.8. The highest BCUT2D eigenvalue weighted by Gasteiger charge is 2.17. The SMILES string of the molecule is CC(C)(CCO)CNc1cnnc2ccccc12. The maximum absolute atomic E-state index is 9.02. The molecule has 0 fully saturated rings. The molecule has 0 saturated carbocycles. The third-order valence-corrected chi connectivity index (χ3v) is 3.09. The summed E-state index contributed by atoms with van der Waals surface area (Å²) in [5.41, 5.74) is 1.94. The fraction of sp³-hybridized carbons (Fsp3) is 0.429. The Bertz CT molecular complexity index is 520. The van der Waals surface area contributed by atoms with Gasteiger partial charge in [-0.3, -0.25) is 0 Å². The highest BCUT2D eigenvalue weighted by atomic mass is 16.3. The molecule has 0 radical (unpaired) electrons. The van der Waals surface area contributed by atoms with Crippen LogP contribution in [0.1, 0.15) is 20.3 Å². The quantitative estimate of drug-likeness (QED) is 0.849. The Labute approximate surface area is 107 Å². The molecule has 2 rings (SSSR count). The van der Waals surface area contributed by atoms with Gasteiger partial charge in [0.05, 0.1) is 17.4 Å². The van der Waals surface area contributed by atoms with Crippen LogP contribution in [0.15, 0.2) is 30.5 Å². The zero-order valence-corrected chi connectivity index (χ0v) is 10.8. The van der Waals surface area contributed by atoms with Crippen LogP contribution < -0.4 is 5.32 Å². The van der Waals surface area contributed by atoms with Gasteiger partial charge in [0.1, 0.15) is 0 Å². The van der Waals surface area contributed by atoms with E-state index in [0.717, 1.165) is 29.6 Å². The minimum atomic E-state index is 0.0547. The highest BCUT2D eigenvalue weighted by molar-refractivity contribution is 5.90. The molecule has 2 aromatic rings. The minimum Gasteiger partial charge on any atom is -0.396 e. The van der Waals surface area contributed by atoms with Crippen molar-refractivity contribution in [2.75, 3.05) is 18.5 Å². The molecule has 18 heavy (non-hydrogen) atoms. The average molecular weight is 245 g/mol. The number of nitrogens with zero attached hydrogens (tertiary/aromatic N) is 2. The second-order valence-electron chi connectivity index (χ2n) is 5.27. The first-order chi connectivity index (χ1) is 8.62. The molecule has 0 aliphatic heterocycles. The Morgan fingerprint density at radius 1 is 1.28 bits per heavy atom. The third kappa shape index (κ3) is 2.96. The van der Waals surface area contributed by atoms with E-state index in [1.165, 1.54) is 0 Å². The van der Waals surface area contributed by atoms with Crippen LogP contribution in [0.3, 0.4) is 0 Å². The summed E-state index contributed by atoms with van der Waals surface area (Å²) in [4.78, 5) is 0. The van der Waals surface area contributed by atoms with Crippen molar-refractivity contribution in [3.05, 3.63) is 30.5 Å². The van der Waals surface area contributed by atoms with Gasteiger partial charge in [-0.05, 0) is 17.9 Å².